The van der Waals surface area contributed by atoms with Gasteiger partial charge in [0.05, 0.1) is 39.9 Å². The molecule has 0 spiro atoms. The molecular formula is C53H98N2O6P+. The van der Waals surface area contributed by atoms with Crippen LogP contribution in [-0.4, -0.2) is 73.4 Å². The lowest BCUT2D eigenvalue weighted by Crippen LogP contribution is -2.46. The van der Waals surface area contributed by atoms with Crippen LogP contribution < -0.4 is 5.32 Å². The number of aliphatic hydroxyl groups is 1. The number of likely N-dealkylation sites (N-methyl/N-ethyl adjacent to an activating group) is 1. The highest BCUT2D eigenvalue weighted by Crippen LogP contribution is 2.43. The molecule has 0 radical (unpaired) electrons. The fourth-order valence-electron chi connectivity index (χ4n) is 6.99. The van der Waals surface area contributed by atoms with E-state index in [9.17, 15) is 19.4 Å². The molecule has 62 heavy (non-hydrogen) atoms. The Kier molecular flexibility index (Phi) is 42.7. The minimum absolute atomic E-state index is 0.0719. The highest BCUT2D eigenvalue weighted by Gasteiger charge is 2.28. The van der Waals surface area contributed by atoms with E-state index in [0.29, 0.717) is 23.9 Å². The molecular weight excluding hydrogens is 792 g/mol. The van der Waals surface area contributed by atoms with Crippen molar-refractivity contribution in [1.82, 2.24) is 5.32 Å². The molecule has 0 heterocycles. The number of hydrogen-bond donors (Lipinski definition) is 3. The molecule has 0 saturated carbocycles. The molecule has 0 rings (SSSR count). The number of quaternary nitrogens is 1. The number of carbonyl (C=O) groups excluding carboxylic acids is 1. The van der Waals surface area contributed by atoms with Gasteiger partial charge >= 0.3 is 7.82 Å². The smallest absolute Gasteiger partial charge is 0.391 e. The first kappa shape index (κ1) is 59.9. The van der Waals surface area contributed by atoms with Crippen molar-refractivity contribution in [3.8, 4) is 0 Å². The highest BCUT2D eigenvalue weighted by atomic mass is 31.2. The Morgan fingerprint density at radius 3 is 1.39 bits per heavy atom. The monoisotopic (exact) mass is 890 g/mol. The quantitative estimate of drug-likeness (QED) is 0.0243. The van der Waals surface area contributed by atoms with Crippen molar-refractivity contribution in [2.24, 2.45) is 0 Å². The first-order valence-electron chi connectivity index (χ1n) is 25.3. The van der Waals surface area contributed by atoms with E-state index in [0.717, 1.165) is 77.0 Å². The predicted octanol–water partition coefficient (Wildman–Crippen LogP) is 14.8. The lowest BCUT2D eigenvalue weighted by molar-refractivity contribution is -0.870. The van der Waals surface area contributed by atoms with Crippen molar-refractivity contribution >= 4 is 13.7 Å². The van der Waals surface area contributed by atoms with E-state index in [-0.39, 0.29) is 19.1 Å². The number of unbranched alkanes of at least 4 members (excludes halogenated alkanes) is 20. The first-order chi connectivity index (χ1) is 30.0. The Labute approximate surface area is 383 Å². The molecule has 8 nitrogen and oxygen atoms in total. The number of carbonyl (C=O) groups is 1. The van der Waals surface area contributed by atoms with Gasteiger partial charge in [0.2, 0.25) is 5.91 Å². The van der Waals surface area contributed by atoms with Crippen molar-refractivity contribution < 1.29 is 32.9 Å². The molecule has 1 amide bonds. The van der Waals surface area contributed by atoms with E-state index in [1.54, 1.807) is 0 Å². The van der Waals surface area contributed by atoms with E-state index < -0.39 is 20.0 Å². The standard InChI is InChI=1S/C53H97N2O6P/c1-6-8-10-11-12-13-14-15-16-17-18-19-20-21-22-23-24-25-26-27-28-29-30-31-32-33-34-35-36-37-38-39-40-41-42-43-45-47-53(57)54-51(52(56)46-44-9-7-2)50-61-62(58,59)60-49-48-55(3,4)5/h8,10,12-13,15-16,18-19,21-22,24-25,51-52,56H,6-7,9,11,14,17,20,23,26-50H2,1-5H3,(H-,54,57,58,59)/p+1/b10-8-,13-12-,16-15-,19-18-,22-21-,25-24-. The van der Waals surface area contributed by atoms with Gasteiger partial charge in [-0.25, -0.2) is 4.57 Å². The third-order valence-corrected chi connectivity index (χ3v) is 12.0. The summed E-state index contributed by atoms with van der Waals surface area (Å²) < 4.78 is 23.3. The summed E-state index contributed by atoms with van der Waals surface area (Å²) in [7, 11) is 1.61. The lowest BCUT2D eigenvalue weighted by atomic mass is 10.0. The number of allylic oxidation sites excluding steroid dienone is 12. The zero-order valence-electron chi connectivity index (χ0n) is 40.8. The maximum absolute atomic E-state index is 12.7. The predicted molar refractivity (Wildman–Crippen MR) is 267 cm³/mol. The number of nitrogens with zero attached hydrogens (tertiary/aromatic N) is 1. The normalized spacial score (nSPS) is 14.8. The average molecular weight is 890 g/mol. The first-order valence-corrected chi connectivity index (χ1v) is 26.8. The number of hydrogen-bond acceptors (Lipinski definition) is 5. The molecule has 0 fully saturated rings. The zero-order chi connectivity index (χ0) is 45.7. The lowest BCUT2D eigenvalue weighted by Gasteiger charge is -2.26. The molecule has 0 aromatic rings. The zero-order valence-corrected chi connectivity index (χ0v) is 41.7. The van der Waals surface area contributed by atoms with E-state index >= 15 is 0 Å². The molecule has 0 bridgehead atoms. The van der Waals surface area contributed by atoms with Gasteiger partial charge in [-0.3, -0.25) is 13.8 Å². The third kappa shape index (κ3) is 45.9. The number of rotatable bonds is 45. The Morgan fingerprint density at radius 2 is 0.968 bits per heavy atom. The van der Waals surface area contributed by atoms with Crippen molar-refractivity contribution in [2.45, 2.75) is 219 Å². The van der Waals surface area contributed by atoms with Crippen LogP contribution in [0.15, 0.2) is 72.9 Å². The molecule has 3 unspecified atom stereocenters. The van der Waals surface area contributed by atoms with Gasteiger partial charge in [0.1, 0.15) is 13.2 Å². The van der Waals surface area contributed by atoms with Gasteiger partial charge in [0.25, 0.3) is 0 Å². The van der Waals surface area contributed by atoms with Crippen molar-refractivity contribution in [2.75, 3.05) is 40.9 Å². The van der Waals surface area contributed by atoms with E-state index in [2.05, 4.69) is 92.1 Å². The second kappa shape index (κ2) is 44.2. The SMILES string of the molecule is CC/C=C\C/C=C\C/C=C\C/C=C\C/C=C\C/C=C\CCCCCCCCCCCCCCCCCCCCC(=O)NC(COP(=O)(O)OCC[N+](C)(C)C)C(O)CCCCC. The summed E-state index contributed by atoms with van der Waals surface area (Å²) in [6.07, 6.45) is 60.5. The molecule has 0 aliphatic carbocycles. The summed E-state index contributed by atoms with van der Waals surface area (Å²) in [4.78, 5) is 22.9. The van der Waals surface area contributed by atoms with Crippen LogP contribution in [0.2, 0.25) is 0 Å². The molecule has 0 aromatic heterocycles. The fraction of sp³-hybridized carbons (Fsp3) is 0.755. The molecule has 0 aliphatic heterocycles. The van der Waals surface area contributed by atoms with Crippen LogP contribution in [0.1, 0.15) is 206 Å². The fourth-order valence-corrected chi connectivity index (χ4v) is 7.73. The van der Waals surface area contributed by atoms with Crippen molar-refractivity contribution in [3.05, 3.63) is 72.9 Å². The van der Waals surface area contributed by atoms with Crippen LogP contribution in [0, 0.1) is 0 Å². The summed E-state index contributed by atoms with van der Waals surface area (Å²) in [5.41, 5.74) is 0. The van der Waals surface area contributed by atoms with E-state index in [1.807, 2.05) is 21.1 Å². The second-order valence-electron chi connectivity index (χ2n) is 18.2. The summed E-state index contributed by atoms with van der Waals surface area (Å²) >= 11 is 0. The van der Waals surface area contributed by atoms with Gasteiger partial charge in [-0.2, -0.15) is 0 Å². The van der Waals surface area contributed by atoms with Gasteiger partial charge in [0, 0.05) is 6.42 Å². The van der Waals surface area contributed by atoms with Gasteiger partial charge in [-0.05, 0) is 64.2 Å². The van der Waals surface area contributed by atoms with Crippen LogP contribution in [0.3, 0.4) is 0 Å². The summed E-state index contributed by atoms with van der Waals surface area (Å²) in [6.45, 7) is 4.60. The largest absolute Gasteiger partial charge is 0.472 e. The van der Waals surface area contributed by atoms with Crippen LogP contribution in [-0.2, 0) is 18.4 Å². The topological polar surface area (TPSA) is 105 Å². The minimum Gasteiger partial charge on any atom is -0.391 e. The number of nitrogens with one attached hydrogen (secondary N) is 1. The van der Waals surface area contributed by atoms with Gasteiger partial charge in [-0.1, -0.05) is 209 Å². The Morgan fingerprint density at radius 1 is 0.565 bits per heavy atom. The number of phosphoric acid groups is 1. The maximum Gasteiger partial charge on any atom is 0.472 e. The molecule has 0 aliphatic rings. The summed E-state index contributed by atoms with van der Waals surface area (Å²) in [5, 5.41) is 13.6. The van der Waals surface area contributed by atoms with Crippen molar-refractivity contribution in [1.29, 1.82) is 0 Å². The highest BCUT2D eigenvalue weighted by molar-refractivity contribution is 7.47. The van der Waals surface area contributed by atoms with Gasteiger partial charge < -0.3 is 19.8 Å². The van der Waals surface area contributed by atoms with E-state index in [1.165, 1.54) is 103 Å². The number of phosphoric ester groups is 1. The number of aliphatic hydroxyl groups excluding tert-OH is 1. The molecule has 3 atom stereocenters. The molecule has 360 valence electrons. The Bertz CT molecular complexity index is 1240. The molecule has 0 aromatic carbocycles. The van der Waals surface area contributed by atoms with Gasteiger partial charge in [-0.15, -0.1) is 0 Å². The van der Waals surface area contributed by atoms with E-state index in [4.69, 9.17) is 9.05 Å². The summed E-state index contributed by atoms with van der Waals surface area (Å²) in [6, 6.07) is -0.757. The Balaban J connectivity index is 3.71. The van der Waals surface area contributed by atoms with Crippen LogP contribution in [0.5, 0.6) is 0 Å². The second-order valence-corrected chi connectivity index (χ2v) is 19.6. The van der Waals surface area contributed by atoms with Crippen LogP contribution in [0.4, 0.5) is 0 Å². The third-order valence-electron chi connectivity index (χ3n) is 11.0. The molecule has 3 N–H and O–H groups in total. The molecule has 9 heteroatoms. The Hall–Kier alpha value is -2.06. The average Bonchev–Trinajstić information content (AvgIpc) is 3.23. The van der Waals surface area contributed by atoms with Crippen LogP contribution in [0.25, 0.3) is 0 Å². The number of amides is 1. The van der Waals surface area contributed by atoms with Crippen LogP contribution >= 0.6 is 7.82 Å². The molecule has 0 saturated heterocycles. The van der Waals surface area contributed by atoms with Crippen molar-refractivity contribution in [3.63, 3.8) is 0 Å². The summed E-state index contributed by atoms with van der Waals surface area (Å²) in [5.74, 6) is -0.157. The maximum atomic E-state index is 12.7. The minimum atomic E-state index is -4.29. The van der Waals surface area contributed by atoms with Gasteiger partial charge in [0.15, 0.2) is 0 Å².